The molecule has 0 saturated heterocycles. The molecule has 0 amide bonds. The maximum atomic E-state index is 12.7. The van der Waals surface area contributed by atoms with Crippen LogP contribution < -0.4 is 0 Å². The summed E-state index contributed by atoms with van der Waals surface area (Å²) in [6.45, 7) is 6.06. The molecule has 22 heavy (non-hydrogen) atoms. The molecular weight excluding hydrogens is 326 g/mol. The van der Waals surface area contributed by atoms with Gasteiger partial charge in [0, 0.05) is 6.61 Å². The van der Waals surface area contributed by atoms with Crippen molar-refractivity contribution in [3.63, 3.8) is 0 Å². The standard InChI is InChI=1S/C14H18F6OSi/c1-4-21-22(2,3)6-5-10-7-11(13(15,16)17)9-12(8-10)14(18,19)20/h7-9H,4-6H2,1-3H3. The molecular formula is C14H18F6OSi. The van der Waals surface area contributed by atoms with Gasteiger partial charge in [0.1, 0.15) is 0 Å². The average Bonchev–Trinajstić information content (AvgIpc) is 2.34. The molecule has 0 aromatic heterocycles. The SMILES string of the molecule is CCO[Si](C)(C)CCc1cc(C(F)(F)F)cc(C(F)(F)F)c1. The van der Waals surface area contributed by atoms with E-state index in [1.54, 1.807) is 6.92 Å². The highest BCUT2D eigenvalue weighted by Gasteiger charge is 2.37. The highest BCUT2D eigenvalue weighted by Crippen LogP contribution is 2.36. The summed E-state index contributed by atoms with van der Waals surface area (Å²) >= 11 is 0. The Morgan fingerprint density at radius 1 is 0.909 bits per heavy atom. The Bertz CT molecular complexity index is 475. The molecule has 1 aromatic rings. The van der Waals surface area contributed by atoms with Crippen LogP contribution in [-0.4, -0.2) is 14.9 Å². The van der Waals surface area contributed by atoms with Gasteiger partial charge in [-0.3, -0.25) is 0 Å². The minimum atomic E-state index is -4.80. The summed E-state index contributed by atoms with van der Waals surface area (Å²) < 4.78 is 82.0. The van der Waals surface area contributed by atoms with Crippen molar-refractivity contribution in [2.75, 3.05) is 6.61 Å². The topological polar surface area (TPSA) is 9.23 Å². The number of hydrogen-bond donors (Lipinski definition) is 0. The van der Waals surface area contributed by atoms with Crippen molar-refractivity contribution < 1.29 is 30.8 Å². The summed E-state index contributed by atoms with van der Waals surface area (Å²) in [4.78, 5) is 0. The molecule has 126 valence electrons. The molecule has 0 fully saturated rings. The average molecular weight is 344 g/mol. The van der Waals surface area contributed by atoms with Crippen molar-refractivity contribution in [2.24, 2.45) is 0 Å². The minimum Gasteiger partial charge on any atom is -0.418 e. The van der Waals surface area contributed by atoms with Gasteiger partial charge in [0.05, 0.1) is 11.1 Å². The number of aryl methyl sites for hydroxylation is 1. The molecule has 0 unspecified atom stereocenters. The molecule has 0 aliphatic heterocycles. The van der Waals surface area contributed by atoms with Gasteiger partial charge < -0.3 is 4.43 Å². The summed E-state index contributed by atoms with van der Waals surface area (Å²) in [6.07, 6.45) is -9.47. The molecule has 8 heteroatoms. The zero-order valence-electron chi connectivity index (χ0n) is 12.5. The Balaban J connectivity index is 3.09. The lowest BCUT2D eigenvalue weighted by Crippen LogP contribution is -2.30. The van der Waals surface area contributed by atoms with Gasteiger partial charge >= 0.3 is 12.4 Å². The normalized spacial score (nSPS) is 13.5. The highest BCUT2D eigenvalue weighted by molar-refractivity contribution is 6.71. The summed E-state index contributed by atoms with van der Waals surface area (Å²) in [5.74, 6) is 0. The number of rotatable bonds is 5. The molecule has 0 N–H and O–H groups in total. The molecule has 0 spiro atoms. The van der Waals surface area contributed by atoms with Crippen molar-refractivity contribution >= 4 is 8.32 Å². The lowest BCUT2D eigenvalue weighted by Gasteiger charge is -2.22. The molecule has 0 saturated carbocycles. The Hall–Kier alpha value is -1.02. The van der Waals surface area contributed by atoms with Crippen LogP contribution in [0.2, 0.25) is 19.1 Å². The quantitative estimate of drug-likeness (QED) is 0.506. The van der Waals surface area contributed by atoms with Crippen molar-refractivity contribution in [1.82, 2.24) is 0 Å². The first-order valence-corrected chi connectivity index (χ1v) is 9.89. The second kappa shape index (κ2) is 6.62. The van der Waals surface area contributed by atoms with E-state index in [0.29, 0.717) is 12.7 Å². The lowest BCUT2D eigenvalue weighted by atomic mass is 10.0. The first-order chi connectivity index (χ1) is 9.85. The fourth-order valence-electron chi connectivity index (χ4n) is 2.07. The van der Waals surface area contributed by atoms with Gasteiger partial charge in [-0.2, -0.15) is 26.3 Å². The largest absolute Gasteiger partial charge is 0.418 e. The van der Waals surface area contributed by atoms with E-state index in [1.807, 2.05) is 13.1 Å². The van der Waals surface area contributed by atoms with E-state index in [4.69, 9.17) is 4.43 Å². The summed E-state index contributed by atoms with van der Waals surface area (Å²) in [5, 5.41) is 0. The maximum Gasteiger partial charge on any atom is 0.416 e. The van der Waals surface area contributed by atoms with Crippen LogP contribution in [0, 0.1) is 0 Å². The van der Waals surface area contributed by atoms with E-state index in [0.717, 1.165) is 12.1 Å². The summed E-state index contributed by atoms with van der Waals surface area (Å²) in [5.41, 5.74) is -2.51. The van der Waals surface area contributed by atoms with E-state index >= 15 is 0 Å². The number of halogens is 6. The van der Waals surface area contributed by atoms with Gasteiger partial charge in [-0.15, -0.1) is 0 Å². The molecule has 0 aliphatic rings. The van der Waals surface area contributed by atoms with Gasteiger partial charge in [-0.25, -0.2) is 0 Å². The van der Waals surface area contributed by atoms with Gasteiger partial charge in [-0.1, -0.05) is 0 Å². The van der Waals surface area contributed by atoms with Gasteiger partial charge in [0.15, 0.2) is 8.32 Å². The maximum absolute atomic E-state index is 12.7. The predicted octanol–water partition coefficient (Wildman–Crippen LogP) is 5.51. The van der Waals surface area contributed by atoms with Crippen LogP contribution in [0.25, 0.3) is 0 Å². The van der Waals surface area contributed by atoms with Crippen molar-refractivity contribution in [2.45, 2.75) is 44.8 Å². The first-order valence-electron chi connectivity index (χ1n) is 6.77. The van der Waals surface area contributed by atoms with Gasteiger partial charge in [-0.05, 0) is 56.2 Å². The fraction of sp³-hybridized carbons (Fsp3) is 0.571. The molecule has 0 atom stereocenters. The van der Waals surface area contributed by atoms with Crippen molar-refractivity contribution in [3.8, 4) is 0 Å². The van der Waals surface area contributed by atoms with Crippen molar-refractivity contribution in [1.29, 1.82) is 0 Å². The molecule has 0 heterocycles. The third kappa shape index (κ3) is 5.64. The zero-order chi connectivity index (χ0) is 17.2. The van der Waals surface area contributed by atoms with E-state index in [1.165, 1.54) is 0 Å². The third-order valence-electron chi connectivity index (χ3n) is 3.20. The van der Waals surface area contributed by atoms with Crippen LogP contribution in [0.3, 0.4) is 0 Å². The number of hydrogen-bond acceptors (Lipinski definition) is 1. The van der Waals surface area contributed by atoms with E-state index in [2.05, 4.69) is 0 Å². The zero-order valence-corrected chi connectivity index (χ0v) is 13.5. The second-order valence-corrected chi connectivity index (χ2v) is 9.91. The Kier molecular flexibility index (Phi) is 5.72. The first kappa shape index (κ1) is 19.0. The van der Waals surface area contributed by atoms with Crippen LogP contribution in [0.4, 0.5) is 26.3 Å². The van der Waals surface area contributed by atoms with Crippen molar-refractivity contribution in [3.05, 3.63) is 34.9 Å². The molecule has 1 aromatic carbocycles. The van der Waals surface area contributed by atoms with Gasteiger partial charge in [0.25, 0.3) is 0 Å². The van der Waals surface area contributed by atoms with E-state index in [-0.39, 0.29) is 18.1 Å². The second-order valence-electron chi connectivity index (χ2n) is 5.61. The van der Waals surface area contributed by atoms with Crippen LogP contribution in [-0.2, 0) is 23.2 Å². The summed E-state index contributed by atoms with van der Waals surface area (Å²) in [6, 6.07) is 2.17. The van der Waals surface area contributed by atoms with E-state index in [9.17, 15) is 26.3 Å². The number of benzene rings is 1. The third-order valence-corrected chi connectivity index (χ3v) is 5.72. The van der Waals surface area contributed by atoms with Crippen LogP contribution in [0.1, 0.15) is 23.6 Å². The highest BCUT2D eigenvalue weighted by atomic mass is 28.4. The van der Waals surface area contributed by atoms with E-state index < -0.39 is 31.8 Å². The van der Waals surface area contributed by atoms with Gasteiger partial charge in [0.2, 0.25) is 0 Å². The minimum absolute atomic E-state index is 0.0300. The monoisotopic (exact) mass is 344 g/mol. The lowest BCUT2D eigenvalue weighted by molar-refractivity contribution is -0.143. The molecule has 0 aliphatic carbocycles. The predicted molar refractivity (Wildman–Crippen MR) is 74.1 cm³/mol. The Morgan fingerprint density at radius 2 is 1.36 bits per heavy atom. The number of alkyl halides is 6. The summed E-state index contributed by atoms with van der Waals surface area (Å²) in [7, 11) is -2.08. The Labute approximate surface area is 126 Å². The molecule has 1 rings (SSSR count). The smallest absolute Gasteiger partial charge is 0.416 e. The van der Waals surface area contributed by atoms with Crippen LogP contribution in [0.15, 0.2) is 18.2 Å². The van der Waals surface area contributed by atoms with Crippen LogP contribution >= 0.6 is 0 Å². The molecule has 1 nitrogen and oxygen atoms in total. The fourth-order valence-corrected chi connectivity index (χ4v) is 3.89. The molecule has 0 radical (unpaired) electrons. The van der Waals surface area contributed by atoms with Crippen LogP contribution in [0.5, 0.6) is 0 Å². The Morgan fingerprint density at radius 3 is 1.73 bits per heavy atom. The molecule has 0 bridgehead atoms.